The fraction of sp³-hybridized carbons (Fsp3) is 0.412. The highest BCUT2D eigenvalue weighted by Crippen LogP contribution is 2.42. The van der Waals surface area contributed by atoms with Gasteiger partial charge in [0.2, 0.25) is 22.9 Å². The van der Waals surface area contributed by atoms with Gasteiger partial charge in [-0.25, -0.2) is 14.5 Å². The summed E-state index contributed by atoms with van der Waals surface area (Å²) in [5.74, 6) is -1.36. The van der Waals surface area contributed by atoms with Gasteiger partial charge in [-0.1, -0.05) is 11.8 Å². The Hall–Kier alpha value is -2.93. The largest absolute Gasteiger partial charge is 0.512 e. The molecule has 2 unspecified atom stereocenters. The molecule has 19 heteroatoms. The summed E-state index contributed by atoms with van der Waals surface area (Å²) in [6.07, 6.45) is -1.57. The second-order valence-electron chi connectivity index (χ2n) is 7.28. The number of ether oxygens (including phenoxy) is 1. The molecule has 0 bridgehead atoms. The van der Waals surface area contributed by atoms with E-state index in [1.807, 2.05) is 0 Å². The number of anilines is 1. The minimum atomic E-state index is -1.57. The van der Waals surface area contributed by atoms with E-state index < -0.39 is 41.3 Å². The Morgan fingerprint density at radius 1 is 1.44 bits per heavy atom. The van der Waals surface area contributed by atoms with E-state index in [4.69, 9.17) is 22.1 Å². The molecule has 192 valence electrons. The molecule has 2 aromatic rings. The molecule has 0 aromatic carbocycles. The minimum absolute atomic E-state index is 0.0900. The number of carbonyl (C=O) groups is 4. The number of carbonyl (C=O) groups excluding carboxylic acids is 3. The summed E-state index contributed by atoms with van der Waals surface area (Å²) in [6.45, 7) is 0. The quantitative estimate of drug-likeness (QED) is 0.134. The zero-order chi connectivity index (χ0) is 26.0. The van der Waals surface area contributed by atoms with Crippen molar-refractivity contribution < 1.29 is 29.0 Å². The molecule has 4 rings (SSSR count). The molecule has 3 atom stereocenters. The second kappa shape index (κ2) is 11.0. The average Bonchev–Trinajstić information content (AvgIpc) is 3.48. The summed E-state index contributed by atoms with van der Waals surface area (Å²) in [5.41, 5.74) is 6.77. The predicted octanol–water partition coefficient (Wildman–Crippen LogP) is -0.0579. The van der Waals surface area contributed by atoms with Crippen LogP contribution in [0, 0.1) is 0 Å². The number of β-lactam (4-membered cyclic amide) rings is 1. The van der Waals surface area contributed by atoms with Crippen LogP contribution < -0.4 is 16.4 Å². The van der Waals surface area contributed by atoms with Crippen molar-refractivity contribution in [1.29, 1.82) is 0 Å². The number of nitrogens with one attached hydrogen (secondary N) is 2. The van der Waals surface area contributed by atoms with E-state index in [1.54, 1.807) is 7.05 Å². The van der Waals surface area contributed by atoms with Crippen LogP contribution in [0.5, 0.6) is 0 Å². The molecule has 0 saturated carbocycles. The molecule has 2 aromatic heterocycles. The number of tetrazole rings is 1. The number of rotatable bonds is 9. The van der Waals surface area contributed by atoms with Crippen molar-refractivity contribution in [3.05, 3.63) is 22.5 Å². The first kappa shape index (κ1) is 26.1. The van der Waals surface area contributed by atoms with Crippen molar-refractivity contribution in [3.8, 4) is 0 Å². The molecule has 2 aliphatic heterocycles. The first-order chi connectivity index (χ1) is 17.2. The average molecular weight is 576 g/mol. The van der Waals surface area contributed by atoms with Gasteiger partial charge in [-0.3, -0.25) is 19.3 Å². The lowest BCUT2D eigenvalue weighted by molar-refractivity contribution is -0.149. The monoisotopic (exact) mass is 575 g/mol. The first-order valence-corrected chi connectivity index (χ1v) is 13.4. The molecule has 5 N–H and O–H groups in total. The van der Waals surface area contributed by atoms with E-state index in [-0.39, 0.29) is 28.3 Å². The molecular formula is C17H18ClN9O6S3. The highest BCUT2D eigenvalue weighted by Gasteiger charge is 2.54. The topological polar surface area (TPSA) is 208 Å². The number of halogens is 1. The molecule has 1 saturated heterocycles. The van der Waals surface area contributed by atoms with Crippen molar-refractivity contribution in [1.82, 2.24) is 35.4 Å². The molecule has 0 aliphatic carbocycles. The van der Waals surface area contributed by atoms with Crippen LogP contribution in [0.15, 0.2) is 22.0 Å². The number of aryl methyl sites for hydroxylation is 1. The number of hydrogen-bond donors (Lipinski definition) is 4. The summed E-state index contributed by atoms with van der Waals surface area (Å²) in [7, 11) is 1.66. The summed E-state index contributed by atoms with van der Waals surface area (Å²) >= 11 is 9.12. The van der Waals surface area contributed by atoms with Crippen LogP contribution in [-0.4, -0.2) is 87.9 Å². The fourth-order valence-corrected chi connectivity index (χ4v) is 6.35. The van der Waals surface area contributed by atoms with E-state index in [9.17, 15) is 24.3 Å². The Morgan fingerprint density at radius 2 is 2.22 bits per heavy atom. The third-order valence-corrected chi connectivity index (χ3v) is 8.38. The molecule has 0 radical (unpaired) electrons. The van der Waals surface area contributed by atoms with Crippen molar-refractivity contribution >= 4 is 75.5 Å². The van der Waals surface area contributed by atoms with Crippen LogP contribution in [-0.2, 0) is 26.2 Å². The van der Waals surface area contributed by atoms with Crippen molar-refractivity contribution in [2.75, 3.05) is 22.7 Å². The van der Waals surface area contributed by atoms with Gasteiger partial charge < -0.3 is 26.2 Å². The fourth-order valence-electron chi connectivity index (χ4n) is 3.22. The number of thiazole rings is 1. The van der Waals surface area contributed by atoms with Gasteiger partial charge in [0.05, 0.1) is 5.69 Å². The Labute approximate surface area is 220 Å². The molecule has 2 aliphatic rings. The normalized spacial score (nSPS) is 19.9. The first-order valence-electron chi connectivity index (χ1n) is 9.99. The smallest absolute Gasteiger partial charge is 0.449 e. The zero-order valence-corrected chi connectivity index (χ0v) is 21.5. The van der Waals surface area contributed by atoms with Crippen molar-refractivity contribution in [2.45, 2.75) is 22.6 Å². The molecule has 3 amide bonds. The number of aromatic nitrogens is 5. The van der Waals surface area contributed by atoms with Gasteiger partial charge in [0.15, 0.2) is 5.13 Å². The Bertz CT molecular complexity index is 1240. The summed E-state index contributed by atoms with van der Waals surface area (Å²) in [5, 5.41) is 27.1. The Morgan fingerprint density at radius 3 is 2.89 bits per heavy atom. The van der Waals surface area contributed by atoms with Crippen molar-refractivity contribution in [2.24, 2.45) is 12.8 Å². The summed E-state index contributed by atoms with van der Waals surface area (Å²) in [4.78, 5) is 53.6. The molecule has 4 heterocycles. The van der Waals surface area contributed by atoms with E-state index in [0.29, 0.717) is 16.5 Å². The number of thioether (sulfide) groups is 2. The number of nitrogens with zero attached hydrogens (tertiary/aromatic N) is 6. The molecule has 1 fully saturated rings. The van der Waals surface area contributed by atoms with Crippen LogP contribution in [0.1, 0.15) is 11.7 Å². The van der Waals surface area contributed by atoms with E-state index >= 15 is 0 Å². The van der Waals surface area contributed by atoms with Gasteiger partial charge >= 0.3 is 6.16 Å². The lowest BCUT2D eigenvalue weighted by Gasteiger charge is -2.49. The number of carboxylic acid groups (broad SMARTS) is 1. The van der Waals surface area contributed by atoms with Crippen LogP contribution >= 0.6 is 46.5 Å². The lowest BCUT2D eigenvalue weighted by atomic mass is 10.1. The third-order valence-electron chi connectivity index (χ3n) is 4.92. The maximum Gasteiger partial charge on any atom is 0.512 e. The standard InChI is InChI=1S/C17H18ClN9O6S3/c1-26-16(23-24-25-26)36-4-6-3-34-14-10(12(30)27(14)13(6)33-17(31)32)22-11(29)9(19)7-5-35-15(20-7)21-8(28)2-18/h5,9-10,14H,2-4,19H2,1H3,(H,22,29)(H,31,32)(H,20,21,28)/t9?,10?,14-/m0/s1. The molecule has 15 nitrogen and oxygen atoms in total. The summed E-state index contributed by atoms with van der Waals surface area (Å²) in [6, 6.07) is -2.14. The minimum Gasteiger partial charge on any atom is -0.449 e. The molecule has 0 spiro atoms. The SMILES string of the molecule is Cn1nnnc1SCC1=C(OC(=O)O)N2C(=O)C(NC(=O)C(N)c3csc(NC(=O)CCl)n3)[C@@H]2SC1. The Balaban J connectivity index is 1.42. The van der Waals surface area contributed by atoms with Gasteiger partial charge in [0, 0.05) is 29.5 Å². The number of amides is 3. The Kier molecular flexibility index (Phi) is 7.98. The maximum absolute atomic E-state index is 12.9. The lowest BCUT2D eigenvalue weighted by Crippen LogP contribution is -2.70. The maximum atomic E-state index is 12.9. The van der Waals surface area contributed by atoms with Crippen LogP contribution in [0.4, 0.5) is 9.93 Å². The number of fused-ring (bicyclic) bond motifs is 1. The van der Waals surface area contributed by atoms with E-state index in [0.717, 1.165) is 11.3 Å². The third kappa shape index (κ3) is 5.41. The van der Waals surface area contributed by atoms with Gasteiger partial charge in [0.25, 0.3) is 5.91 Å². The second-order valence-corrected chi connectivity index (χ2v) is 10.5. The summed E-state index contributed by atoms with van der Waals surface area (Å²) < 4.78 is 6.41. The van der Waals surface area contributed by atoms with E-state index in [1.165, 1.54) is 38.5 Å². The number of hydrogen-bond acceptors (Lipinski definition) is 13. The van der Waals surface area contributed by atoms with Gasteiger partial charge in [-0.15, -0.1) is 39.8 Å². The van der Waals surface area contributed by atoms with Gasteiger partial charge in [-0.2, -0.15) is 0 Å². The number of alkyl halides is 1. The molecular weight excluding hydrogens is 558 g/mol. The zero-order valence-electron chi connectivity index (χ0n) is 18.3. The number of nitrogens with two attached hydrogens (primary N) is 1. The van der Waals surface area contributed by atoms with Crippen LogP contribution in [0.25, 0.3) is 0 Å². The molecule has 36 heavy (non-hydrogen) atoms. The van der Waals surface area contributed by atoms with Crippen molar-refractivity contribution in [3.63, 3.8) is 0 Å². The van der Waals surface area contributed by atoms with E-state index in [2.05, 4.69) is 31.1 Å². The van der Waals surface area contributed by atoms with Gasteiger partial charge in [0.1, 0.15) is 23.3 Å². The van der Waals surface area contributed by atoms with Crippen LogP contribution in [0.2, 0.25) is 0 Å². The highest BCUT2D eigenvalue weighted by molar-refractivity contribution is 8.01. The predicted molar refractivity (Wildman–Crippen MR) is 129 cm³/mol. The van der Waals surface area contributed by atoms with Gasteiger partial charge in [-0.05, 0) is 10.4 Å². The highest BCUT2D eigenvalue weighted by atomic mass is 35.5. The van der Waals surface area contributed by atoms with Crippen LogP contribution in [0.3, 0.4) is 0 Å².